The Morgan fingerprint density at radius 3 is 2.85 bits per heavy atom. The van der Waals surface area contributed by atoms with Crippen molar-refractivity contribution in [3.05, 3.63) is 29.3 Å². The summed E-state index contributed by atoms with van der Waals surface area (Å²) in [4.78, 5) is 2.32. The Morgan fingerprint density at radius 1 is 1.35 bits per heavy atom. The Balaban J connectivity index is 1.95. The lowest BCUT2D eigenvalue weighted by Gasteiger charge is -2.29. The van der Waals surface area contributed by atoms with Gasteiger partial charge in [0, 0.05) is 32.4 Å². The number of benzene rings is 1. The Bertz CT molecular complexity index is 413. The topological polar surface area (TPSA) is 24.5 Å². The molecule has 112 valence electrons. The zero-order valence-electron chi connectivity index (χ0n) is 13.1. The van der Waals surface area contributed by atoms with Crippen LogP contribution in [-0.4, -0.2) is 32.8 Å². The number of ether oxygens (including phenoxy) is 1. The van der Waals surface area contributed by atoms with Crippen molar-refractivity contribution in [3.8, 4) is 0 Å². The molecule has 1 aliphatic rings. The van der Waals surface area contributed by atoms with E-state index in [1.54, 1.807) is 0 Å². The van der Waals surface area contributed by atoms with E-state index in [9.17, 15) is 0 Å². The molecule has 3 heteroatoms. The monoisotopic (exact) mass is 276 g/mol. The fraction of sp³-hybridized carbons (Fsp3) is 0.647. The van der Waals surface area contributed by atoms with Gasteiger partial charge in [0.1, 0.15) is 0 Å². The summed E-state index contributed by atoms with van der Waals surface area (Å²) >= 11 is 0. The zero-order chi connectivity index (χ0) is 14.4. The Hall–Kier alpha value is -1.06. The Kier molecular flexibility index (Phi) is 5.86. The molecule has 2 rings (SSSR count). The van der Waals surface area contributed by atoms with Crippen LogP contribution in [0.4, 0.5) is 5.69 Å². The summed E-state index contributed by atoms with van der Waals surface area (Å²) in [6, 6.07) is 6.75. The Morgan fingerprint density at radius 2 is 2.20 bits per heavy atom. The van der Waals surface area contributed by atoms with E-state index < -0.39 is 0 Å². The van der Waals surface area contributed by atoms with Crippen molar-refractivity contribution in [3.63, 3.8) is 0 Å². The van der Waals surface area contributed by atoms with Gasteiger partial charge in [-0.15, -0.1) is 0 Å². The van der Waals surface area contributed by atoms with Gasteiger partial charge in [-0.3, -0.25) is 0 Å². The van der Waals surface area contributed by atoms with Crippen LogP contribution in [0.3, 0.4) is 0 Å². The average Bonchev–Trinajstić information content (AvgIpc) is 2.47. The minimum Gasteiger partial charge on any atom is -0.376 e. The first-order valence-electron chi connectivity index (χ1n) is 7.83. The number of anilines is 1. The van der Waals surface area contributed by atoms with E-state index in [1.807, 2.05) is 0 Å². The maximum Gasteiger partial charge on any atom is 0.0749 e. The van der Waals surface area contributed by atoms with Crippen LogP contribution in [0.15, 0.2) is 18.2 Å². The Labute approximate surface area is 123 Å². The SMILES string of the molecule is CCNCc1ccc(N(C)CC2CCCCO2)cc1C. The summed E-state index contributed by atoms with van der Waals surface area (Å²) in [5.41, 5.74) is 4.04. The summed E-state index contributed by atoms with van der Waals surface area (Å²) in [7, 11) is 2.16. The van der Waals surface area contributed by atoms with Gasteiger partial charge >= 0.3 is 0 Å². The third kappa shape index (κ3) is 4.22. The molecule has 0 amide bonds. The molecule has 20 heavy (non-hydrogen) atoms. The summed E-state index contributed by atoms with van der Waals surface area (Å²) in [6.45, 7) is 8.23. The van der Waals surface area contributed by atoms with Crippen LogP contribution in [0.1, 0.15) is 37.3 Å². The molecule has 1 aliphatic heterocycles. The van der Waals surface area contributed by atoms with Crippen molar-refractivity contribution in [2.24, 2.45) is 0 Å². The van der Waals surface area contributed by atoms with Gasteiger partial charge in [-0.1, -0.05) is 13.0 Å². The van der Waals surface area contributed by atoms with E-state index in [0.717, 1.165) is 26.2 Å². The van der Waals surface area contributed by atoms with Crippen LogP contribution in [0, 0.1) is 6.92 Å². The van der Waals surface area contributed by atoms with Crippen LogP contribution >= 0.6 is 0 Å². The lowest BCUT2D eigenvalue weighted by molar-refractivity contribution is 0.0216. The summed E-state index contributed by atoms with van der Waals surface area (Å²) in [5.74, 6) is 0. The first kappa shape index (κ1) is 15.3. The lowest BCUT2D eigenvalue weighted by Crippen LogP contribution is -2.33. The molecule has 0 radical (unpaired) electrons. The highest BCUT2D eigenvalue weighted by molar-refractivity contribution is 5.50. The van der Waals surface area contributed by atoms with Crippen molar-refractivity contribution >= 4 is 5.69 Å². The molecule has 3 nitrogen and oxygen atoms in total. The van der Waals surface area contributed by atoms with Gasteiger partial charge in [0.05, 0.1) is 6.10 Å². The van der Waals surface area contributed by atoms with Crippen LogP contribution in [-0.2, 0) is 11.3 Å². The second kappa shape index (κ2) is 7.65. The molecule has 1 heterocycles. The highest BCUT2D eigenvalue weighted by atomic mass is 16.5. The highest BCUT2D eigenvalue weighted by Crippen LogP contribution is 2.21. The molecular weight excluding hydrogens is 248 g/mol. The fourth-order valence-corrected chi connectivity index (χ4v) is 2.74. The van der Waals surface area contributed by atoms with Crippen LogP contribution in [0.5, 0.6) is 0 Å². The number of aryl methyl sites for hydroxylation is 1. The molecule has 1 atom stereocenters. The molecule has 1 unspecified atom stereocenters. The van der Waals surface area contributed by atoms with Crippen molar-refractivity contribution in [2.45, 2.75) is 45.8 Å². The molecule has 0 saturated carbocycles. The summed E-state index contributed by atoms with van der Waals surface area (Å²) < 4.78 is 5.83. The third-order valence-electron chi connectivity index (χ3n) is 4.08. The fourth-order valence-electron chi connectivity index (χ4n) is 2.74. The molecule has 1 saturated heterocycles. The van der Waals surface area contributed by atoms with Crippen molar-refractivity contribution < 1.29 is 4.74 Å². The molecule has 0 aromatic heterocycles. The van der Waals surface area contributed by atoms with E-state index >= 15 is 0 Å². The normalized spacial score (nSPS) is 19.1. The largest absolute Gasteiger partial charge is 0.376 e. The average molecular weight is 276 g/mol. The number of likely N-dealkylation sites (N-methyl/N-ethyl adjacent to an activating group) is 1. The minimum atomic E-state index is 0.399. The molecule has 1 N–H and O–H groups in total. The number of nitrogens with zero attached hydrogens (tertiary/aromatic N) is 1. The van der Waals surface area contributed by atoms with Crippen molar-refractivity contribution in [2.75, 3.05) is 31.6 Å². The minimum absolute atomic E-state index is 0.399. The summed E-state index contributed by atoms with van der Waals surface area (Å²) in [5, 5.41) is 3.39. The van der Waals surface area contributed by atoms with E-state index in [-0.39, 0.29) is 0 Å². The smallest absolute Gasteiger partial charge is 0.0749 e. The predicted molar refractivity (Wildman–Crippen MR) is 85.4 cm³/mol. The second-order valence-electron chi connectivity index (χ2n) is 5.76. The third-order valence-corrected chi connectivity index (χ3v) is 4.08. The van der Waals surface area contributed by atoms with Crippen LogP contribution in [0.25, 0.3) is 0 Å². The quantitative estimate of drug-likeness (QED) is 0.864. The molecule has 1 aromatic rings. The van der Waals surface area contributed by atoms with Crippen molar-refractivity contribution in [1.29, 1.82) is 0 Å². The van der Waals surface area contributed by atoms with Gasteiger partial charge in [-0.25, -0.2) is 0 Å². The van der Waals surface area contributed by atoms with E-state index in [2.05, 4.69) is 49.3 Å². The first-order valence-corrected chi connectivity index (χ1v) is 7.83. The number of hydrogen-bond donors (Lipinski definition) is 1. The van der Waals surface area contributed by atoms with Gasteiger partial charge in [0.2, 0.25) is 0 Å². The lowest BCUT2D eigenvalue weighted by atomic mass is 10.1. The maximum atomic E-state index is 5.83. The van der Waals surface area contributed by atoms with Gasteiger partial charge in [0.25, 0.3) is 0 Å². The number of nitrogens with one attached hydrogen (secondary N) is 1. The number of hydrogen-bond acceptors (Lipinski definition) is 3. The molecule has 1 fully saturated rings. The van der Waals surface area contributed by atoms with Crippen LogP contribution < -0.4 is 10.2 Å². The predicted octanol–water partition coefficient (Wildman–Crippen LogP) is 3.11. The molecular formula is C17H28N2O. The van der Waals surface area contributed by atoms with Crippen LogP contribution in [0.2, 0.25) is 0 Å². The van der Waals surface area contributed by atoms with E-state index in [4.69, 9.17) is 4.74 Å². The standard InChI is InChI=1S/C17H28N2O/c1-4-18-12-15-8-9-16(11-14(15)2)19(3)13-17-7-5-6-10-20-17/h8-9,11,17-18H,4-7,10,12-13H2,1-3H3. The van der Waals surface area contributed by atoms with Gasteiger partial charge in [-0.2, -0.15) is 0 Å². The van der Waals surface area contributed by atoms with Gasteiger partial charge in [0.15, 0.2) is 0 Å². The highest BCUT2D eigenvalue weighted by Gasteiger charge is 2.16. The van der Waals surface area contributed by atoms with Gasteiger partial charge in [-0.05, 0) is 56.0 Å². The molecule has 0 spiro atoms. The molecule has 0 bridgehead atoms. The van der Waals surface area contributed by atoms with Crippen molar-refractivity contribution in [1.82, 2.24) is 5.32 Å². The second-order valence-corrected chi connectivity index (χ2v) is 5.76. The summed E-state index contributed by atoms with van der Waals surface area (Å²) in [6.07, 6.45) is 4.12. The number of rotatable bonds is 6. The van der Waals surface area contributed by atoms with E-state index in [1.165, 1.54) is 36.1 Å². The zero-order valence-corrected chi connectivity index (χ0v) is 13.1. The van der Waals surface area contributed by atoms with Gasteiger partial charge < -0.3 is 15.0 Å². The molecule has 1 aromatic carbocycles. The van der Waals surface area contributed by atoms with E-state index in [0.29, 0.717) is 6.10 Å². The first-order chi connectivity index (χ1) is 9.70. The molecule has 0 aliphatic carbocycles. The maximum absolute atomic E-state index is 5.83.